The normalized spacial score (nSPS) is 10.9. The first-order chi connectivity index (χ1) is 9.51. The van der Waals surface area contributed by atoms with Gasteiger partial charge in [-0.15, -0.1) is 0 Å². The van der Waals surface area contributed by atoms with Gasteiger partial charge in [-0.3, -0.25) is 0 Å². The third-order valence-corrected chi connectivity index (χ3v) is 3.30. The van der Waals surface area contributed by atoms with Gasteiger partial charge in [-0.25, -0.2) is 4.98 Å². The molecule has 0 amide bonds. The number of pyridine rings is 1. The van der Waals surface area contributed by atoms with Crippen LogP contribution in [0.1, 0.15) is 42.1 Å². The molecule has 0 radical (unpaired) electrons. The third-order valence-electron chi connectivity index (χ3n) is 3.30. The zero-order valence-corrected chi connectivity index (χ0v) is 12.6. The summed E-state index contributed by atoms with van der Waals surface area (Å²) in [4.78, 5) is 4.47. The predicted molar refractivity (Wildman–Crippen MR) is 82.2 cm³/mol. The van der Waals surface area contributed by atoms with E-state index in [0.717, 1.165) is 17.0 Å². The van der Waals surface area contributed by atoms with Gasteiger partial charge >= 0.3 is 0 Å². The minimum Gasteiger partial charge on any atom is -0.438 e. The summed E-state index contributed by atoms with van der Waals surface area (Å²) >= 11 is 0. The molecule has 0 saturated heterocycles. The number of aromatic nitrogens is 1. The second-order valence-electron chi connectivity index (χ2n) is 5.42. The number of rotatable bonds is 4. The van der Waals surface area contributed by atoms with E-state index in [2.05, 4.69) is 44.0 Å². The van der Waals surface area contributed by atoms with Crippen molar-refractivity contribution in [2.24, 2.45) is 5.73 Å². The number of nitrogens with two attached hydrogens (primary N) is 1. The maximum Gasteiger partial charge on any atom is 0.223 e. The van der Waals surface area contributed by atoms with Crippen molar-refractivity contribution in [1.29, 1.82) is 0 Å². The van der Waals surface area contributed by atoms with Gasteiger partial charge in [0.15, 0.2) is 0 Å². The van der Waals surface area contributed by atoms with Gasteiger partial charge < -0.3 is 10.5 Å². The Morgan fingerprint density at radius 2 is 1.90 bits per heavy atom. The standard InChI is InChI=1S/C17H22N2O/c1-11(2)15-8-5-12(3)9-16(15)20-17-14(10-18)7-6-13(4)19-17/h5-9,11H,10,18H2,1-4H3. The molecule has 1 aromatic carbocycles. The number of nitrogens with zero attached hydrogens (tertiary/aromatic N) is 1. The molecule has 0 aliphatic carbocycles. The monoisotopic (exact) mass is 270 g/mol. The highest BCUT2D eigenvalue weighted by Gasteiger charge is 2.12. The smallest absolute Gasteiger partial charge is 0.223 e. The molecule has 2 N–H and O–H groups in total. The largest absolute Gasteiger partial charge is 0.438 e. The first-order valence-corrected chi connectivity index (χ1v) is 6.96. The lowest BCUT2D eigenvalue weighted by atomic mass is 10.0. The van der Waals surface area contributed by atoms with Crippen molar-refractivity contribution < 1.29 is 4.74 Å². The SMILES string of the molecule is Cc1ccc(C(C)C)c(Oc2nc(C)ccc2CN)c1. The van der Waals surface area contributed by atoms with E-state index in [1.54, 1.807) is 0 Å². The molecule has 106 valence electrons. The molecule has 2 rings (SSSR count). The van der Waals surface area contributed by atoms with Gasteiger partial charge in [0.25, 0.3) is 0 Å². The van der Waals surface area contributed by atoms with Crippen LogP contribution in [-0.2, 0) is 6.54 Å². The molecule has 20 heavy (non-hydrogen) atoms. The molecule has 0 atom stereocenters. The number of hydrogen-bond acceptors (Lipinski definition) is 3. The molecule has 0 fully saturated rings. The van der Waals surface area contributed by atoms with E-state index < -0.39 is 0 Å². The second-order valence-corrected chi connectivity index (χ2v) is 5.42. The minimum absolute atomic E-state index is 0.400. The quantitative estimate of drug-likeness (QED) is 0.911. The molecule has 1 heterocycles. The molecule has 2 aromatic rings. The van der Waals surface area contributed by atoms with Gasteiger partial charge in [0, 0.05) is 17.8 Å². The van der Waals surface area contributed by atoms with Crippen LogP contribution in [0.15, 0.2) is 30.3 Å². The van der Waals surface area contributed by atoms with Crippen LogP contribution in [0.2, 0.25) is 0 Å². The zero-order valence-electron chi connectivity index (χ0n) is 12.6. The van der Waals surface area contributed by atoms with E-state index in [9.17, 15) is 0 Å². The summed E-state index contributed by atoms with van der Waals surface area (Å²) in [5.74, 6) is 1.88. The van der Waals surface area contributed by atoms with Crippen molar-refractivity contribution in [3.63, 3.8) is 0 Å². The van der Waals surface area contributed by atoms with E-state index in [1.807, 2.05) is 19.1 Å². The van der Waals surface area contributed by atoms with Crippen molar-refractivity contribution in [2.75, 3.05) is 0 Å². The summed E-state index contributed by atoms with van der Waals surface area (Å²) < 4.78 is 6.06. The lowest BCUT2D eigenvalue weighted by molar-refractivity contribution is 0.446. The Kier molecular flexibility index (Phi) is 4.40. The van der Waals surface area contributed by atoms with E-state index in [-0.39, 0.29) is 0 Å². The molecule has 3 heteroatoms. The molecule has 3 nitrogen and oxygen atoms in total. The Hall–Kier alpha value is -1.87. The van der Waals surface area contributed by atoms with Crippen molar-refractivity contribution in [3.05, 3.63) is 52.7 Å². The molecule has 0 unspecified atom stereocenters. The average molecular weight is 270 g/mol. The fourth-order valence-corrected chi connectivity index (χ4v) is 2.12. The Morgan fingerprint density at radius 1 is 1.15 bits per heavy atom. The summed E-state index contributed by atoms with van der Waals surface area (Å²) in [6.07, 6.45) is 0. The van der Waals surface area contributed by atoms with Crippen LogP contribution < -0.4 is 10.5 Å². The highest BCUT2D eigenvalue weighted by Crippen LogP contribution is 2.32. The zero-order chi connectivity index (χ0) is 14.7. The van der Waals surface area contributed by atoms with Gasteiger partial charge in [-0.05, 0) is 43.0 Å². The van der Waals surface area contributed by atoms with E-state index in [1.165, 1.54) is 11.1 Å². The van der Waals surface area contributed by atoms with Crippen LogP contribution in [0.4, 0.5) is 0 Å². The number of benzene rings is 1. The van der Waals surface area contributed by atoms with Gasteiger partial charge in [0.2, 0.25) is 5.88 Å². The van der Waals surface area contributed by atoms with E-state index in [4.69, 9.17) is 10.5 Å². The van der Waals surface area contributed by atoms with Gasteiger partial charge in [-0.2, -0.15) is 0 Å². The highest BCUT2D eigenvalue weighted by molar-refractivity contribution is 5.42. The number of ether oxygens (including phenoxy) is 1. The first-order valence-electron chi connectivity index (χ1n) is 6.96. The van der Waals surface area contributed by atoms with Crippen LogP contribution in [0.25, 0.3) is 0 Å². The average Bonchev–Trinajstić information content (AvgIpc) is 2.38. The first kappa shape index (κ1) is 14.5. The van der Waals surface area contributed by atoms with E-state index >= 15 is 0 Å². The van der Waals surface area contributed by atoms with Crippen molar-refractivity contribution in [3.8, 4) is 11.6 Å². The molecule has 0 aliphatic rings. The molecule has 0 saturated carbocycles. The van der Waals surface area contributed by atoms with Crippen LogP contribution in [0.5, 0.6) is 11.6 Å². The summed E-state index contributed by atoms with van der Waals surface area (Å²) in [5.41, 5.74) is 9.97. The van der Waals surface area contributed by atoms with Crippen molar-refractivity contribution in [2.45, 2.75) is 40.2 Å². The van der Waals surface area contributed by atoms with Gasteiger partial charge in [0.05, 0.1) is 0 Å². The number of aryl methyl sites for hydroxylation is 2. The lowest BCUT2D eigenvalue weighted by Gasteiger charge is -2.16. The van der Waals surface area contributed by atoms with Gasteiger partial charge in [0.1, 0.15) is 5.75 Å². The molecule has 1 aromatic heterocycles. The molecule has 0 aliphatic heterocycles. The molecular weight excluding hydrogens is 248 g/mol. The Balaban J connectivity index is 2.44. The molecule has 0 spiro atoms. The highest BCUT2D eigenvalue weighted by atomic mass is 16.5. The minimum atomic E-state index is 0.400. The Bertz CT molecular complexity index is 606. The fraction of sp³-hybridized carbons (Fsp3) is 0.353. The Morgan fingerprint density at radius 3 is 2.55 bits per heavy atom. The Labute approximate surface area is 120 Å². The molecule has 0 bridgehead atoms. The van der Waals surface area contributed by atoms with Crippen molar-refractivity contribution >= 4 is 0 Å². The van der Waals surface area contributed by atoms with Crippen molar-refractivity contribution in [1.82, 2.24) is 4.98 Å². The van der Waals surface area contributed by atoms with Crippen LogP contribution in [-0.4, -0.2) is 4.98 Å². The third kappa shape index (κ3) is 3.17. The lowest BCUT2D eigenvalue weighted by Crippen LogP contribution is -2.03. The second kappa shape index (κ2) is 6.06. The topological polar surface area (TPSA) is 48.1 Å². The van der Waals surface area contributed by atoms with Gasteiger partial charge in [-0.1, -0.05) is 32.0 Å². The maximum atomic E-state index is 6.06. The molecular formula is C17H22N2O. The summed E-state index contributed by atoms with van der Waals surface area (Å²) in [6.45, 7) is 8.75. The predicted octanol–water partition coefficient (Wildman–Crippen LogP) is 4.07. The summed E-state index contributed by atoms with van der Waals surface area (Å²) in [6, 6.07) is 10.2. The summed E-state index contributed by atoms with van der Waals surface area (Å²) in [7, 11) is 0. The fourth-order valence-electron chi connectivity index (χ4n) is 2.12. The maximum absolute atomic E-state index is 6.06. The van der Waals surface area contributed by atoms with Crippen LogP contribution in [0, 0.1) is 13.8 Å². The summed E-state index contributed by atoms with van der Waals surface area (Å²) in [5, 5.41) is 0. The van der Waals surface area contributed by atoms with Crippen LogP contribution in [0.3, 0.4) is 0 Å². The number of hydrogen-bond donors (Lipinski definition) is 1. The van der Waals surface area contributed by atoms with E-state index in [0.29, 0.717) is 18.3 Å². The van der Waals surface area contributed by atoms with Crippen LogP contribution >= 0.6 is 0 Å².